The standard InChI is InChI=1S/C21H22FN3O4S/c1-27-16-6-12(7-17(28-2)19(16)29-3)9-23-20(26)13-10-25(11-13)21-24-15-5-4-14(22)8-18(15)30-21/h4-8,13H,9-11H2,1-3H3,(H,23,26). The van der Waals surface area contributed by atoms with Gasteiger partial charge in [0.15, 0.2) is 16.6 Å². The molecule has 0 atom stereocenters. The van der Waals surface area contributed by atoms with E-state index in [0.717, 1.165) is 20.9 Å². The highest BCUT2D eigenvalue weighted by Gasteiger charge is 2.34. The number of fused-ring (bicyclic) bond motifs is 1. The molecule has 1 aliphatic heterocycles. The van der Waals surface area contributed by atoms with Crippen molar-refractivity contribution < 1.29 is 23.4 Å². The smallest absolute Gasteiger partial charge is 0.226 e. The molecule has 1 saturated heterocycles. The summed E-state index contributed by atoms with van der Waals surface area (Å²) in [6, 6.07) is 8.19. The lowest BCUT2D eigenvalue weighted by molar-refractivity contribution is -0.125. The number of amides is 1. The van der Waals surface area contributed by atoms with Crippen molar-refractivity contribution in [3.8, 4) is 17.2 Å². The predicted octanol–water partition coefficient (Wildman–Crippen LogP) is 3.21. The Morgan fingerprint density at radius 2 is 1.87 bits per heavy atom. The fraction of sp³-hybridized carbons (Fsp3) is 0.333. The third-order valence-electron chi connectivity index (χ3n) is 5.05. The zero-order valence-electron chi connectivity index (χ0n) is 16.9. The third kappa shape index (κ3) is 3.85. The molecule has 1 aromatic heterocycles. The molecule has 1 amide bonds. The number of nitrogens with zero attached hydrogens (tertiary/aromatic N) is 2. The molecule has 0 radical (unpaired) electrons. The van der Waals surface area contributed by atoms with Gasteiger partial charge in [-0.25, -0.2) is 9.37 Å². The quantitative estimate of drug-likeness (QED) is 0.619. The van der Waals surface area contributed by atoms with Crippen LogP contribution in [0.25, 0.3) is 10.2 Å². The van der Waals surface area contributed by atoms with E-state index in [1.807, 2.05) is 17.0 Å². The summed E-state index contributed by atoms with van der Waals surface area (Å²) in [5.41, 5.74) is 1.62. The Bertz CT molecular complexity index is 1060. The highest BCUT2D eigenvalue weighted by molar-refractivity contribution is 7.22. The summed E-state index contributed by atoms with van der Waals surface area (Å²) in [5, 5.41) is 3.77. The van der Waals surface area contributed by atoms with Gasteiger partial charge in [-0.3, -0.25) is 4.79 Å². The minimum atomic E-state index is -0.273. The van der Waals surface area contributed by atoms with Gasteiger partial charge in [-0.05, 0) is 35.9 Å². The lowest BCUT2D eigenvalue weighted by Crippen LogP contribution is -2.53. The number of aromatic nitrogens is 1. The van der Waals surface area contributed by atoms with Gasteiger partial charge >= 0.3 is 0 Å². The van der Waals surface area contributed by atoms with E-state index in [9.17, 15) is 9.18 Å². The van der Waals surface area contributed by atoms with Crippen molar-refractivity contribution in [3.05, 3.63) is 41.7 Å². The van der Waals surface area contributed by atoms with E-state index < -0.39 is 0 Å². The first kappa shape index (κ1) is 20.2. The average Bonchev–Trinajstić information content (AvgIpc) is 3.12. The summed E-state index contributed by atoms with van der Waals surface area (Å²) < 4.78 is 30.2. The highest BCUT2D eigenvalue weighted by atomic mass is 32.1. The molecule has 158 valence electrons. The van der Waals surface area contributed by atoms with Gasteiger partial charge in [-0.1, -0.05) is 11.3 Å². The van der Waals surface area contributed by atoms with E-state index in [4.69, 9.17) is 14.2 Å². The Hall–Kier alpha value is -3.07. The Kier molecular flexibility index (Phi) is 5.63. The minimum Gasteiger partial charge on any atom is -0.493 e. The Morgan fingerprint density at radius 1 is 1.17 bits per heavy atom. The van der Waals surface area contributed by atoms with E-state index in [0.29, 0.717) is 36.9 Å². The van der Waals surface area contributed by atoms with Gasteiger partial charge < -0.3 is 24.4 Å². The molecule has 3 aromatic rings. The SMILES string of the molecule is COc1cc(CNC(=O)C2CN(c3nc4ccc(F)cc4s3)C2)cc(OC)c1OC. The van der Waals surface area contributed by atoms with Crippen LogP contribution < -0.4 is 24.4 Å². The molecule has 0 bridgehead atoms. The monoisotopic (exact) mass is 431 g/mol. The molecular formula is C21H22FN3O4S. The van der Waals surface area contributed by atoms with E-state index in [-0.39, 0.29) is 17.6 Å². The van der Waals surface area contributed by atoms with E-state index in [1.54, 1.807) is 27.4 Å². The number of carbonyl (C=O) groups is 1. The minimum absolute atomic E-state index is 0.0212. The number of halogens is 1. The van der Waals surface area contributed by atoms with Gasteiger partial charge in [-0.2, -0.15) is 0 Å². The van der Waals surface area contributed by atoms with Crippen LogP contribution in [0.15, 0.2) is 30.3 Å². The van der Waals surface area contributed by atoms with Gasteiger partial charge in [-0.15, -0.1) is 0 Å². The Balaban J connectivity index is 1.35. The van der Waals surface area contributed by atoms with Gasteiger partial charge in [0.1, 0.15) is 5.82 Å². The van der Waals surface area contributed by atoms with Crippen molar-refractivity contribution in [2.24, 2.45) is 5.92 Å². The van der Waals surface area contributed by atoms with Crippen molar-refractivity contribution in [2.75, 3.05) is 39.3 Å². The second-order valence-corrected chi connectivity index (χ2v) is 7.97. The Labute approximate surface area is 177 Å². The van der Waals surface area contributed by atoms with E-state index >= 15 is 0 Å². The second-order valence-electron chi connectivity index (χ2n) is 6.96. The first-order chi connectivity index (χ1) is 14.5. The number of hydrogen-bond donors (Lipinski definition) is 1. The molecule has 1 aliphatic rings. The van der Waals surface area contributed by atoms with Crippen LogP contribution in [-0.2, 0) is 11.3 Å². The largest absolute Gasteiger partial charge is 0.493 e. The van der Waals surface area contributed by atoms with Gasteiger partial charge in [0.05, 0.1) is 37.5 Å². The lowest BCUT2D eigenvalue weighted by atomic mass is 10.00. The van der Waals surface area contributed by atoms with E-state index in [2.05, 4.69) is 10.3 Å². The number of anilines is 1. The van der Waals surface area contributed by atoms with Crippen molar-refractivity contribution >= 4 is 32.6 Å². The molecule has 0 unspecified atom stereocenters. The number of benzene rings is 2. The molecular weight excluding hydrogens is 409 g/mol. The van der Waals surface area contributed by atoms with Crippen LogP contribution >= 0.6 is 11.3 Å². The van der Waals surface area contributed by atoms with Crippen molar-refractivity contribution in [1.82, 2.24) is 10.3 Å². The molecule has 9 heteroatoms. The van der Waals surface area contributed by atoms with Crippen LogP contribution in [0.1, 0.15) is 5.56 Å². The fourth-order valence-electron chi connectivity index (χ4n) is 3.39. The number of methoxy groups -OCH3 is 3. The summed E-state index contributed by atoms with van der Waals surface area (Å²) >= 11 is 1.43. The summed E-state index contributed by atoms with van der Waals surface area (Å²) in [7, 11) is 4.66. The first-order valence-electron chi connectivity index (χ1n) is 9.40. The molecule has 0 saturated carbocycles. The van der Waals surface area contributed by atoms with Gasteiger partial charge in [0.2, 0.25) is 11.7 Å². The molecule has 1 N–H and O–H groups in total. The number of carbonyl (C=O) groups excluding carboxylic acids is 1. The lowest BCUT2D eigenvalue weighted by Gasteiger charge is -2.38. The average molecular weight is 431 g/mol. The molecule has 0 spiro atoms. The molecule has 0 aliphatic carbocycles. The van der Waals surface area contributed by atoms with Crippen molar-refractivity contribution in [3.63, 3.8) is 0 Å². The number of ether oxygens (including phenoxy) is 3. The van der Waals surface area contributed by atoms with Crippen molar-refractivity contribution in [1.29, 1.82) is 0 Å². The number of thiazole rings is 1. The van der Waals surface area contributed by atoms with Gasteiger partial charge in [0.25, 0.3) is 0 Å². The first-order valence-corrected chi connectivity index (χ1v) is 10.2. The fourth-order valence-corrected chi connectivity index (χ4v) is 4.40. The summed E-state index contributed by atoms with van der Waals surface area (Å²) in [6.45, 7) is 1.53. The second kappa shape index (κ2) is 8.35. The summed E-state index contributed by atoms with van der Waals surface area (Å²) in [6.07, 6.45) is 0. The molecule has 30 heavy (non-hydrogen) atoms. The van der Waals surface area contributed by atoms with Crippen LogP contribution in [0.2, 0.25) is 0 Å². The van der Waals surface area contributed by atoms with Crippen LogP contribution in [0.4, 0.5) is 9.52 Å². The number of rotatable bonds is 7. The summed E-state index contributed by atoms with van der Waals surface area (Å²) in [5.74, 6) is 1.19. The zero-order valence-corrected chi connectivity index (χ0v) is 17.7. The highest BCUT2D eigenvalue weighted by Crippen LogP contribution is 2.38. The van der Waals surface area contributed by atoms with Crippen LogP contribution in [-0.4, -0.2) is 45.3 Å². The maximum absolute atomic E-state index is 13.4. The van der Waals surface area contributed by atoms with Crippen molar-refractivity contribution in [2.45, 2.75) is 6.54 Å². The number of nitrogens with one attached hydrogen (secondary N) is 1. The van der Waals surface area contributed by atoms with Gasteiger partial charge in [0, 0.05) is 19.6 Å². The molecule has 2 aromatic carbocycles. The predicted molar refractivity (Wildman–Crippen MR) is 113 cm³/mol. The third-order valence-corrected chi connectivity index (χ3v) is 6.13. The molecule has 1 fully saturated rings. The molecule has 7 nitrogen and oxygen atoms in total. The van der Waals surface area contributed by atoms with Crippen LogP contribution in [0.3, 0.4) is 0 Å². The maximum Gasteiger partial charge on any atom is 0.226 e. The maximum atomic E-state index is 13.4. The van der Waals surface area contributed by atoms with Crippen LogP contribution in [0.5, 0.6) is 17.2 Å². The Morgan fingerprint density at radius 3 is 2.50 bits per heavy atom. The number of hydrogen-bond acceptors (Lipinski definition) is 7. The molecule has 4 rings (SSSR count). The molecule has 2 heterocycles. The normalized spacial score (nSPS) is 13.8. The van der Waals surface area contributed by atoms with Crippen LogP contribution in [0, 0.1) is 11.7 Å². The summed E-state index contributed by atoms with van der Waals surface area (Å²) in [4.78, 5) is 19.1. The topological polar surface area (TPSA) is 72.9 Å². The zero-order chi connectivity index (χ0) is 21.3. The van der Waals surface area contributed by atoms with E-state index in [1.165, 1.54) is 23.5 Å².